The lowest BCUT2D eigenvalue weighted by atomic mass is 10.1. The van der Waals surface area contributed by atoms with E-state index >= 15 is 0 Å². The van der Waals surface area contributed by atoms with Crippen LogP contribution in [-0.2, 0) is 9.59 Å². The number of carbonyl (C=O) groups excluding carboxylic acids is 2. The van der Waals surface area contributed by atoms with Gasteiger partial charge in [0.15, 0.2) is 0 Å². The molecule has 18 heavy (non-hydrogen) atoms. The Bertz CT molecular complexity index is 483. The first-order chi connectivity index (χ1) is 8.56. The smallest absolute Gasteiger partial charge is 0.244 e. The summed E-state index contributed by atoms with van der Waals surface area (Å²) in [6, 6.07) is 5.93. The molecule has 1 fully saturated rings. The Balaban J connectivity index is 1.98. The molecule has 1 aliphatic rings. The predicted molar refractivity (Wildman–Crippen MR) is 70.4 cm³/mol. The summed E-state index contributed by atoms with van der Waals surface area (Å²) in [4.78, 5) is 24.9. The van der Waals surface area contributed by atoms with Crippen molar-refractivity contribution in [2.45, 2.75) is 26.7 Å². The molecule has 1 aliphatic heterocycles. The van der Waals surface area contributed by atoms with Crippen LogP contribution < -0.4 is 5.32 Å². The molecule has 4 heteroatoms. The number of amides is 2. The van der Waals surface area contributed by atoms with Gasteiger partial charge in [-0.2, -0.15) is 0 Å². The number of carbonyl (C=O) groups is 2. The molecular weight excluding hydrogens is 228 g/mol. The molecule has 1 aromatic carbocycles. The molecule has 1 saturated heterocycles. The molecule has 1 heterocycles. The molecule has 2 amide bonds. The van der Waals surface area contributed by atoms with Crippen LogP contribution in [0.1, 0.15) is 24.0 Å². The molecule has 0 saturated carbocycles. The number of anilines is 1. The van der Waals surface area contributed by atoms with Gasteiger partial charge in [-0.15, -0.1) is 0 Å². The second kappa shape index (κ2) is 5.21. The van der Waals surface area contributed by atoms with Crippen LogP contribution in [0.3, 0.4) is 0 Å². The van der Waals surface area contributed by atoms with Crippen molar-refractivity contribution < 1.29 is 9.59 Å². The van der Waals surface area contributed by atoms with Crippen molar-refractivity contribution in [3.05, 3.63) is 29.3 Å². The normalized spacial score (nSPS) is 15.0. The van der Waals surface area contributed by atoms with E-state index in [2.05, 4.69) is 5.32 Å². The number of benzene rings is 1. The molecule has 0 radical (unpaired) electrons. The minimum absolute atomic E-state index is 0.0751. The Labute approximate surface area is 107 Å². The van der Waals surface area contributed by atoms with E-state index in [1.54, 1.807) is 4.90 Å². The maximum atomic E-state index is 11.9. The van der Waals surface area contributed by atoms with E-state index in [1.165, 1.54) is 0 Å². The van der Waals surface area contributed by atoms with E-state index in [9.17, 15) is 9.59 Å². The van der Waals surface area contributed by atoms with Crippen LogP contribution in [0.15, 0.2) is 18.2 Å². The third-order valence-corrected chi connectivity index (χ3v) is 3.17. The summed E-state index contributed by atoms with van der Waals surface area (Å²) in [5, 5.41) is 2.87. The van der Waals surface area contributed by atoms with Gasteiger partial charge in [0.1, 0.15) is 0 Å². The van der Waals surface area contributed by atoms with Gasteiger partial charge in [0.2, 0.25) is 11.8 Å². The minimum Gasteiger partial charge on any atom is -0.333 e. The average Bonchev–Trinajstić information content (AvgIpc) is 2.70. The van der Waals surface area contributed by atoms with Crippen LogP contribution in [0.5, 0.6) is 0 Å². The fourth-order valence-corrected chi connectivity index (χ4v) is 2.10. The molecule has 2 rings (SSSR count). The predicted octanol–water partition coefficient (Wildman–Crippen LogP) is 1.86. The highest BCUT2D eigenvalue weighted by Gasteiger charge is 2.22. The molecule has 1 aromatic rings. The van der Waals surface area contributed by atoms with Crippen molar-refractivity contribution in [2.24, 2.45) is 0 Å². The molecule has 4 nitrogen and oxygen atoms in total. The van der Waals surface area contributed by atoms with E-state index in [0.717, 1.165) is 23.2 Å². The molecule has 0 bridgehead atoms. The number of aryl methyl sites for hydroxylation is 2. The van der Waals surface area contributed by atoms with E-state index in [-0.39, 0.29) is 18.4 Å². The van der Waals surface area contributed by atoms with Crippen molar-refractivity contribution in [1.82, 2.24) is 4.90 Å². The zero-order chi connectivity index (χ0) is 13.1. The average molecular weight is 246 g/mol. The molecule has 0 unspecified atom stereocenters. The fourth-order valence-electron chi connectivity index (χ4n) is 2.10. The second-order valence-electron chi connectivity index (χ2n) is 4.79. The number of hydrogen-bond acceptors (Lipinski definition) is 2. The largest absolute Gasteiger partial charge is 0.333 e. The summed E-state index contributed by atoms with van der Waals surface area (Å²) in [5.74, 6) is -0.0509. The van der Waals surface area contributed by atoms with Crippen molar-refractivity contribution >= 4 is 17.5 Å². The Morgan fingerprint density at radius 2 is 2.17 bits per heavy atom. The summed E-state index contributed by atoms with van der Waals surface area (Å²) in [7, 11) is 0. The lowest BCUT2D eigenvalue weighted by Gasteiger charge is -2.16. The molecule has 96 valence electrons. The summed E-state index contributed by atoms with van der Waals surface area (Å²) >= 11 is 0. The van der Waals surface area contributed by atoms with Gasteiger partial charge in [-0.05, 0) is 37.5 Å². The number of nitrogens with zero attached hydrogens (tertiary/aromatic N) is 1. The lowest BCUT2D eigenvalue weighted by molar-refractivity contribution is -0.131. The first kappa shape index (κ1) is 12.6. The van der Waals surface area contributed by atoms with Crippen molar-refractivity contribution in [3.8, 4) is 0 Å². The number of hydrogen-bond donors (Lipinski definition) is 1. The molecule has 0 atom stereocenters. The van der Waals surface area contributed by atoms with Crippen molar-refractivity contribution in [1.29, 1.82) is 0 Å². The quantitative estimate of drug-likeness (QED) is 0.885. The van der Waals surface area contributed by atoms with Gasteiger partial charge in [0.25, 0.3) is 0 Å². The van der Waals surface area contributed by atoms with E-state index in [4.69, 9.17) is 0 Å². The summed E-state index contributed by atoms with van der Waals surface area (Å²) in [5.41, 5.74) is 2.96. The topological polar surface area (TPSA) is 49.4 Å². The highest BCUT2D eigenvalue weighted by atomic mass is 16.2. The minimum atomic E-state index is -0.126. The first-order valence-corrected chi connectivity index (χ1v) is 6.21. The highest BCUT2D eigenvalue weighted by molar-refractivity contribution is 5.95. The van der Waals surface area contributed by atoms with Crippen LogP contribution in [0, 0.1) is 13.8 Å². The van der Waals surface area contributed by atoms with Crippen LogP contribution in [-0.4, -0.2) is 29.8 Å². The van der Waals surface area contributed by atoms with Crippen LogP contribution in [0.2, 0.25) is 0 Å². The van der Waals surface area contributed by atoms with E-state index < -0.39 is 0 Å². The standard InChI is InChI=1S/C14H18N2O2/c1-10-5-6-11(2)12(8-10)15-13(17)9-16-7-3-4-14(16)18/h5-6,8H,3-4,7,9H2,1-2H3,(H,15,17). The maximum absolute atomic E-state index is 11.9. The number of nitrogens with one attached hydrogen (secondary N) is 1. The molecule has 1 N–H and O–H groups in total. The maximum Gasteiger partial charge on any atom is 0.244 e. The van der Waals surface area contributed by atoms with Gasteiger partial charge in [0, 0.05) is 18.7 Å². The second-order valence-corrected chi connectivity index (χ2v) is 4.79. The zero-order valence-corrected chi connectivity index (χ0v) is 10.8. The molecular formula is C14H18N2O2. The third-order valence-electron chi connectivity index (χ3n) is 3.17. The summed E-state index contributed by atoms with van der Waals surface area (Å²) in [6.45, 7) is 4.79. The monoisotopic (exact) mass is 246 g/mol. The van der Waals surface area contributed by atoms with Crippen LogP contribution in [0.25, 0.3) is 0 Å². The van der Waals surface area contributed by atoms with Crippen molar-refractivity contribution in [3.63, 3.8) is 0 Å². The zero-order valence-electron chi connectivity index (χ0n) is 10.8. The molecule has 0 aliphatic carbocycles. The fraction of sp³-hybridized carbons (Fsp3) is 0.429. The van der Waals surface area contributed by atoms with E-state index in [0.29, 0.717) is 13.0 Å². The first-order valence-electron chi connectivity index (χ1n) is 6.21. The van der Waals surface area contributed by atoms with Crippen molar-refractivity contribution in [2.75, 3.05) is 18.4 Å². The third kappa shape index (κ3) is 2.88. The summed E-state index contributed by atoms with van der Waals surface area (Å²) in [6.07, 6.45) is 1.42. The molecule has 0 spiro atoms. The molecule has 0 aromatic heterocycles. The van der Waals surface area contributed by atoms with Crippen LogP contribution in [0.4, 0.5) is 5.69 Å². The van der Waals surface area contributed by atoms with Gasteiger partial charge in [-0.1, -0.05) is 12.1 Å². The Kier molecular flexibility index (Phi) is 3.65. The van der Waals surface area contributed by atoms with E-state index in [1.807, 2.05) is 32.0 Å². The van der Waals surface area contributed by atoms with Gasteiger partial charge in [-0.3, -0.25) is 9.59 Å². The van der Waals surface area contributed by atoms with Gasteiger partial charge < -0.3 is 10.2 Å². The lowest BCUT2D eigenvalue weighted by Crippen LogP contribution is -2.34. The SMILES string of the molecule is Cc1ccc(C)c(NC(=O)CN2CCCC2=O)c1. The van der Waals surface area contributed by atoms with Gasteiger partial charge >= 0.3 is 0 Å². The number of rotatable bonds is 3. The van der Waals surface area contributed by atoms with Gasteiger partial charge in [0.05, 0.1) is 6.54 Å². The Hall–Kier alpha value is -1.84. The Morgan fingerprint density at radius 3 is 2.83 bits per heavy atom. The summed E-state index contributed by atoms with van der Waals surface area (Å²) < 4.78 is 0. The van der Waals surface area contributed by atoms with Gasteiger partial charge in [-0.25, -0.2) is 0 Å². The highest BCUT2D eigenvalue weighted by Crippen LogP contribution is 2.16. The van der Waals surface area contributed by atoms with Crippen LogP contribution >= 0.6 is 0 Å². The Morgan fingerprint density at radius 1 is 1.39 bits per heavy atom. The number of likely N-dealkylation sites (tertiary alicyclic amines) is 1.